The number of carbonyl (C=O) groups is 1. The maximum absolute atomic E-state index is 12.1. The van der Waals surface area contributed by atoms with Crippen molar-refractivity contribution in [3.63, 3.8) is 0 Å². The quantitative estimate of drug-likeness (QED) is 0.365. The van der Waals surface area contributed by atoms with Gasteiger partial charge in [0.1, 0.15) is 12.4 Å². The molecule has 0 aliphatic carbocycles. The number of benzene rings is 3. The molecule has 0 fully saturated rings. The maximum atomic E-state index is 12.1. The van der Waals surface area contributed by atoms with Crippen LogP contribution in [0.25, 0.3) is 0 Å². The summed E-state index contributed by atoms with van der Waals surface area (Å²) in [7, 11) is 0. The average Bonchev–Trinajstić information content (AvgIpc) is 2.69. The molecule has 136 valence electrons. The van der Waals surface area contributed by atoms with Gasteiger partial charge in [-0.15, -0.1) is 0 Å². The number of hydrazone groups is 1. The van der Waals surface area contributed by atoms with Crippen LogP contribution in [0.1, 0.15) is 21.5 Å². The summed E-state index contributed by atoms with van der Waals surface area (Å²) in [5.41, 5.74) is 5.00. The molecule has 3 aromatic rings. The Kier molecular flexibility index (Phi) is 6.79. The third kappa shape index (κ3) is 6.05. The lowest BCUT2D eigenvalue weighted by Gasteiger charge is -2.07. The van der Waals surface area contributed by atoms with Crippen LogP contribution in [-0.2, 0) is 6.61 Å². The van der Waals surface area contributed by atoms with Gasteiger partial charge in [-0.3, -0.25) is 4.79 Å². The maximum Gasteiger partial charge on any atom is 0.271 e. The molecule has 0 saturated heterocycles. The van der Waals surface area contributed by atoms with Crippen LogP contribution in [0.3, 0.4) is 0 Å². The van der Waals surface area contributed by atoms with E-state index in [1.165, 1.54) is 0 Å². The van der Waals surface area contributed by atoms with Crippen molar-refractivity contribution in [3.8, 4) is 5.75 Å². The predicted octanol–water partition coefficient (Wildman–Crippen LogP) is 5.55. The molecule has 27 heavy (non-hydrogen) atoms. The van der Waals surface area contributed by atoms with E-state index in [0.717, 1.165) is 20.1 Å². The van der Waals surface area contributed by atoms with Gasteiger partial charge in [-0.25, -0.2) is 5.43 Å². The van der Waals surface area contributed by atoms with E-state index in [9.17, 15) is 4.79 Å². The second-order valence-corrected chi connectivity index (χ2v) is 7.52. The van der Waals surface area contributed by atoms with E-state index in [1.54, 1.807) is 30.5 Å². The zero-order chi connectivity index (χ0) is 19.1. The molecule has 0 heterocycles. The van der Waals surface area contributed by atoms with Gasteiger partial charge in [0.2, 0.25) is 0 Å². The number of rotatable bonds is 6. The highest BCUT2D eigenvalue weighted by molar-refractivity contribution is 9.10. The van der Waals surface area contributed by atoms with Crippen LogP contribution in [-0.4, -0.2) is 12.1 Å². The summed E-state index contributed by atoms with van der Waals surface area (Å²) in [6.07, 6.45) is 1.60. The lowest BCUT2D eigenvalue weighted by Crippen LogP contribution is -2.17. The number of nitrogens with zero attached hydrogens (tertiary/aromatic N) is 1. The van der Waals surface area contributed by atoms with Crippen molar-refractivity contribution in [2.24, 2.45) is 5.10 Å². The molecule has 1 N–H and O–H groups in total. The third-order valence-electron chi connectivity index (χ3n) is 3.68. The summed E-state index contributed by atoms with van der Waals surface area (Å²) < 4.78 is 7.76. The standard InChI is InChI=1S/C21H16Br2N2O2/c22-18-7-1-15(2-8-18)13-24-25-21(26)17-5-11-20(12-6-17)27-14-16-3-9-19(23)10-4-16/h1-13H,14H2,(H,25,26)/b24-13+. The lowest BCUT2D eigenvalue weighted by molar-refractivity contribution is 0.0955. The van der Waals surface area contributed by atoms with Crippen LogP contribution in [0.5, 0.6) is 5.75 Å². The summed E-state index contributed by atoms with van der Waals surface area (Å²) in [5.74, 6) is 0.427. The molecule has 3 aromatic carbocycles. The molecular formula is C21H16Br2N2O2. The van der Waals surface area contributed by atoms with Gasteiger partial charge in [-0.1, -0.05) is 56.1 Å². The van der Waals surface area contributed by atoms with Gasteiger partial charge in [-0.2, -0.15) is 5.10 Å². The van der Waals surface area contributed by atoms with Crippen LogP contribution in [0.2, 0.25) is 0 Å². The minimum atomic E-state index is -0.275. The Bertz CT molecular complexity index is 922. The summed E-state index contributed by atoms with van der Waals surface area (Å²) in [6.45, 7) is 0.469. The second-order valence-electron chi connectivity index (χ2n) is 5.69. The molecule has 0 spiro atoms. The number of amides is 1. The Morgan fingerprint density at radius 3 is 2.11 bits per heavy atom. The summed E-state index contributed by atoms with van der Waals surface area (Å²) in [6, 6.07) is 22.5. The number of halogens is 2. The smallest absolute Gasteiger partial charge is 0.271 e. The normalized spacial score (nSPS) is 10.7. The molecule has 0 aromatic heterocycles. The highest BCUT2D eigenvalue weighted by atomic mass is 79.9. The number of hydrogen-bond acceptors (Lipinski definition) is 3. The fourth-order valence-corrected chi connectivity index (χ4v) is 2.76. The number of ether oxygens (including phenoxy) is 1. The first-order valence-corrected chi connectivity index (χ1v) is 9.75. The van der Waals surface area contributed by atoms with Crippen LogP contribution < -0.4 is 10.2 Å². The van der Waals surface area contributed by atoms with E-state index in [2.05, 4.69) is 42.4 Å². The Morgan fingerprint density at radius 1 is 0.889 bits per heavy atom. The Balaban J connectivity index is 1.52. The van der Waals surface area contributed by atoms with Crippen LogP contribution >= 0.6 is 31.9 Å². The monoisotopic (exact) mass is 486 g/mol. The van der Waals surface area contributed by atoms with E-state index in [4.69, 9.17) is 4.74 Å². The van der Waals surface area contributed by atoms with Gasteiger partial charge in [0, 0.05) is 14.5 Å². The predicted molar refractivity (Wildman–Crippen MR) is 114 cm³/mol. The van der Waals surface area contributed by atoms with E-state index in [0.29, 0.717) is 17.9 Å². The van der Waals surface area contributed by atoms with Gasteiger partial charge in [-0.05, 0) is 59.7 Å². The number of carbonyl (C=O) groups excluding carboxylic acids is 1. The molecule has 0 unspecified atom stereocenters. The van der Waals surface area contributed by atoms with E-state index >= 15 is 0 Å². The van der Waals surface area contributed by atoms with Crippen molar-refractivity contribution in [2.75, 3.05) is 0 Å². The lowest BCUT2D eigenvalue weighted by atomic mass is 10.2. The van der Waals surface area contributed by atoms with Crippen molar-refractivity contribution in [1.82, 2.24) is 5.43 Å². The van der Waals surface area contributed by atoms with Crippen molar-refractivity contribution in [3.05, 3.63) is 98.4 Å². The van der Waals surface area contributed by atoms with Crippen LogP contribution in [0.15, 0.2) is 86.8 Å². The topological polar surface area (TPSA) is 50.7 Å². The van der Waals surface area contributed by atoms with Crippen molar-refractivity contribution < 1.29 is 9.53 Å². The molecule has 0 aliphatic heterocycles. The number of hydrogen-bond donors (Lipinski definition) is 1. The highest BCUT2D eigenvalue weighted by Crippen LogP contribution is 2.16. The first kappa shape index (κ1) is 19.3. The molecule has 0 atom stereocenters. The van der Waals surface area contributed by atoms with Gasteiger partial charge in [0.25, 0.3) is 5.91 Å². The van der Waals surface area contributed by atoms with Crippen LogP contribution in [0, 0.1) is 0 Å². The van der Waals surface area contributed by atoms with Gasteiger partial charge < -0.3 is 4.74 Å². The van der Waals surface area contributed by atoms with Crippen molar-refractivity contribution >= 4 is 44.0 Å². The van der Waals surface area contributed by atoms with Crippen molar-refractivity contribution in [1.29, 1.82) is 0 Å². The first-order chi connectivity index (χ1) is 13.1. The summed E-state index contributed by atoms with van der Waals surface area (Å²) in [4.78, 5) is 12.1. The van der Waals surface area contributed by atoms with E-state index in [-0.39, 0.29) is 5.91 Å². The zero-order valence-corrected chi connectivity index (χ0v) is 17.4. The van der Waals surface area contributed by atoms with E-state index in [1.807, 2.05) is 48.5 Å². The van der Waals surface area contributed by atoms with Crippen LogP contribution in [0.4, 0.5) is 0 Å². The fraction of sp³-hybridized carbons (Fsp3) is 0.0476. The van der Waals surface area contributed by atoms with Gasteiger partial charge in [0.15, 0.2) is 0 Å². The van der Waals surface area contributed by atoms with E-state index < -0.39 is 0 Å². The largest absolute Gasteiger partial charge is 0.489 e. The minimum absolute atomic E-state index is 0.275. The summed E-state index contributed by atoms with van der Waals surface area (Å²) in [5, 5.41) is 3.98. The van der Waals surface area contributed by atoms with Gasteiger partial charge in [0.05, 0.1) is 6.21 Å². The molecule has 6 heteroatoms. The fourth-order valence-electron chi connectivity index (χ4n) is 2.23. The summed E-state index contributed by atoms with van der Waals surface area (Å²) >= 11 is 6.78. The molecule has 0 saturated carbocycles. The number of nitrogens with one attached hydrogen (secondary N) is 1. The third-order valence-corrected chi connectivity index (χ3v) is 4.74. The Labute approximate surface area is 174 Å². The first-order valence-electron chi connectivity index (χ1n) is 8.16. The molecule has 4 nitrogen and oxygen atoms in total. The SMILES string of the molecule is O=C(N/N=C/c1ccc(Br)cc1)c1ccc(OCc2ccc(Br)cc2)cc1. The van der Waals surface area contributed by atoms with Gasteiger partial charge >= 0.3 is 0 Å². The molecular weight excluding hydrogens is 472 g/mol. The Morgan fingerprint density at radius 2 is 1.48 bits per heavy atom. The molecule has 1 amide bonds. The average molecular weight is 488 g/mol. The second kappa shape index (κ2) is 9.48. The highest BCUT2D eigenvalue weighted by Gasteiger charge is 2.04. The minimum Gasteiger partial charge on any atom is -0.489 e. The molecule has 3 rings (SSSR count). The molecule has 0 radical (unpaired) electrons. The molecule has 0 aliphatic rings. The van der Waals surface area contributed by atoms with Crippen molar-refractivity contribution in [2.45, 2.75) is 6.61 Å². The Hall–Kier alpha value is -2.44. The molecule has 0 bridgehead atoms. The zero-order valence-electron chi connectivity index (χ0n) is 14.2.